The van der Waals surface area contributed by atoms with Crippen LogP contribution in [0, 0.1) is 5.82 Å². The van der Waals surface area contributed by atoms with E-state index in [9.17, 15) is 4.39 Å². The van der Waals surface area contributed by atoms with Crippen molar-refractivity contribution in [3.63, 3.8) is 0 Å². The van der Waals surface area contributed by atoms with Gasteiger partial charge in [-0.05, 0) is 52.4 Å². The monoisotopic (exact) mass is 365 g/mol. The van der Waals surface area contributed by atoms with Gasteiger partial charge in [-0.25, -0.2) is 4.39 Å². The van der Waals surface area contributed by atoms with Crippen molar-refractivity contribution < 1.29 is 4.39 Å². The largest absolute Gasteiger partial charge is 2.00 e. The van der Waals surface area contributed by atoms with Crippen molar-refractivity contribution in [2.24, 2.45) is 0 Å². The molecule has 0 saturated carbocycles. The summed E-state index contributed by atoms with van der Waals surface area (Å²) < 4.78 is 14.2. The average Bonchev–Trinajstić information content (AvgIpc) is 2.43. The third-order valence-electron chi connectivity index (χ3n) is 4.24. The van der Waals surface area contributed by atoms with Crippen molar-refractivity contribution in [2.75, 3.05) is 0 Å². The summed E-state index contributed by atoms with van der Waals surface area (Å²) >= 11 is 3.23. The van der Waals surface area contributed by atoms with Crippen LogP contribution in [0.1, 0.15) is 50.5 Å². The Morgan fingerprint density at radius 3 is 2.55 bits per heavy atom. The van der Waals surface area contributed by atoms with Gasteiger partial charge in [0.1, 0.15) is 5.82 Å². The van der Waals surface area contributed by atoms with Crippen molar-refractivity contribution in [3.8, 4) is 0 Å². The molecule has 20 heavy (non-hydrogen) atoms. The third kappa shape index (κ3) is 5.43. The number of unbranched alkanes of at least 4 members (excludes halogenated alkanes) is 2. The molecule has 0 aromatic heterocycles. The molecule has 105 valence electrons. The molecule has 0 bridgehead atoms. The second kappa shape index (κ2) is 9.59. The van der Waals surface area contributed by atoms with Gasteiger partial charge < -0.3 is 0 Å². The second-order valence-corrected chi connectivity index (χ2v) is 9.51. The number of rotatable bonds is 5. The fourth-order valence-electron chi connectivity index (χ4n) is 3.00. The molecule has 0 N–H and O–H groups in total. The minimum absolute atomic E-state index is 0. The Hall–Kier alpha value is 0.613. The molecular formula is C16H23BrFMgSi+2. The summed E-state index contributed by atoms with van der Waals surface area (Å²) in [5, 5.41) is 0. The van der Waals surface area contributed by atoms with Crippen LogP contribution in [-0.2, 0) is 0 Å². The standard InChI is InChI=1S/C16H23BrFSi.Mg/c1-2-3-4-9-19-10-7-13(8-11-19)14-5-6-15(17)16(18)12-14;/h5-6,12-13H,2-4,7-11H2,1H3;/q;+2. The van der Waals surface area contributed by atoms with E-state index in [-0.39, 0.29) is 37.7 Å². The minimum Gasteiger partial charge on any atom is -0.206 e. The van der Waals surface area contributed by atoms with Gasteiger partial charge in [0.05, 0.1) is 4.47 Å². The maximum Gasteiger partial charge on any atom is 2.00 e. The Balaban J connectivity index is 0.00000200. The van der Waals surface area contributed by atoms with E-state index in [1.807, 2.05) is 6.07 Å². The molecule has 1 aromatic carbocycles. The first-order valence-electron chi connectivity index (χ1n) is 7.49. The molecule has 2 rings (SSSR count). The van der Waals surface area contributed by atoms with Crippen LogP contribution in [0.25, 0.3) is 0 Å². The fourth-order valence-corrected chi connectivity index (χ4v) is 6.26. The van der Waals surface area contributed by atoms with Crippen LogP contribution in [0.4, 0.5) is 4.39 Å². The van der Waals surface area contributed by atoms with Gasteiger partial charge in [-0.2, -0.15) is 0 Å². The molecule has 0 amide bonds. The van der Waals surface area contributed by atoms with Crippen LogP contribution in [0.5, 0.6) is 0 Å². The van der Waals surface area contributed by atoms with Gasteiger partial charge in [0.2, 0.25) is 0 Å². The summed E-state index contributed by atoms with van der Waals surface area (Å²) in [6, 6.07) is 10.0. The molecule has 1 radical (unpaired) electrons. The third-order valence-corrected chi connectivity index (χ3v) is 7.94. The summed E-state index contributed by atoms with van der Waals surface area (Å²) in [5.74, 6) is 0.485. The molecule has 1 saturated heterocycles. The van der Waals surface area contributed by atoms with Crippen LogP contribution in [0.15, 0.2) is 22.7 Å². The first kappa shape index (κ1) is 18.7. The second-order valence-electron chi connectivity index (χ2n) is 5.65. The summed E-state index contributed by atoms with van der Waals surface area (Å²) in [5.41, 5.74) is 1.20. The van der Waals surface area contributed by atoms with Gasteiger partial charge in [-0.3, -0.25) is 0 Å². The van der Waals surface area contributed by atoms with E-state index in [1.54, 1.807) is 6.07 Å². The quantitative estimate of drug-likeness (QED) is 0.458. The summed E-state index contributed by atoms with van der Waals surface area (Å²) in [7, 11) is -0.0811. The van der Waals surface area contributed by atoms with Crippen LogP contribution < -0.4 is 0 Å². The maximum absolute atomic E-state index is 13.6. The van der Waals surface area contributed by atoms with Crippen molar-refractivity contribution in [1.29, 1.82) is 0 Å². The number of hydrogen-bond donors (Lipinski definition) is 0. The Bertz CT molecular complexity index is 405. The van der Waals surface area contributed by atoms with Gasteiger partial charge in [-0.15, -0.1) is 0 Å². The first-order valence-corrected chi connectivity index (χ1v) is 10.4. The van der Waals surface area contributed by atoms with Crippen LogP contribution in [0.3, 0.4) is 0 Å². The van der Waals surface area contributed by atoms with Crippen molar-refractivity contribution in [1.82, 2.24) is 0 Å². The van der Waals surface area contributed by atoms with Gasteiger partial charge in [0, 0.05) is 8.80 Å². The Morgan fingerprint density at radius 1 is 1.25 bits per heavy atom. The predicted octanol–water partition coefficient (Wildman–Crippen LogP) is 5.77. The van der Waals surface area contributed by atoms with E-state index in [1.165, 1.54) is 55.8 Å². The van der Waals surface area contributed by atoms with E-state index >= 15 is 0 Å². The van der Waals surface area contributed by atoms with Crippen LogP contribution in [-0.4, -0.2) is 31.8 Å². The summed E-state index contributed by atoms with van der Waals surface area (Å²) in [4.78, 5) is 0. The molecule has 0 unspecified atom stereocenters. The Labute approximate surface area is 148 Å². The molecule has 0 atom stereocenters. The topological polar surface area (TPSA) is 0 Å². The Morgan fingerprint density at radius 2 is 1.95 bits per heavy atom. The molecule has 0 nitrogen and oxygen atoms in total. The normalized spacial score (nSPS) is 16.9. The molecule has 0 aliphatic carbocycles. The smallest absolute Gasteiger partial charge is 0.206 e. The summed E-state index contributed by atoms with van der Waals surface area (Å²) in [6.07, 6.45) is 6.72. The number of halogens is 2. The van der Waals surface area contributed by atoms with E-state index in [4.69, 9.17) is 0 Å². The maximum atomic E-state index is 13.6. The molecule has 1 aliphatic heterocycles. The van der Waals surface area contributed by atoms with Gasteiger partial charge >= 0.3 is 23.1 Å². The van der Waals surface area contributed by atoms with Crippen molar-refractivity contribution >= 4 is 47.8 Å². The van der Waals surface area contributed by atoms with Crippen molar-refractivity contribution in [3.05, 3.63) is 34.1 Å². The van der Waals surface area contributed by atoms with E-state index in [2.05, 4.69) is 28.9 Å². The van der Waals surface area contributed by atoms with E-state index < -0.39 is 0 Å². The predicted molar refractivity (Wildman–Crippen MR) is 91.5 cm³/mol. The van der Waals surface area contributed by atoms with Gasteiger partial charge in [0.25, 0.3) is 0 Å². The average molecular weight is 367 g/mol. The SMILES string of the molecule is CCCCC[Si]1CCC(c2ccc(Br)c(F)c2)CC1.[Mg+2]. The Kier molecular flexibility index (Phi) is 8.95. The molecular weight excluding hydrogens is 343 g/mol. The molecule has 1 fully saturated rings. The first-order chi connectivity index (χ1) is 9.20. The van der Waals surface area contributed by atoms with E-state index in [0.717, 1.165) is 0 Å². The molecule has 1 aliphatic rings. The zero-order valence-electron chi connectivity index (χ0n) is 12.4. The molecule has 1 heterocycles. The zero-order chi connectivity index (χ0) is 13.7. The molecule has 4 heteroatoms. The van der Waals surface area contributed by atoms with Crippen LogP contribution >= 0.6 is 15.9 Å². The fraction of sp³-hybridized carbons (Fsp3) is 0.625. The zero-order valence-corrected chi connectivity index (χ0v) is 16.4. The van der Waals surface area contributed by atoms with Gasteiger partial charge in [-0.1, -0.05) is 50.4 Å². The molecule has 1 aromatic rings. The van der Waals surface area contributed by atoms with E-state index in [0.29, 0.717) is 10.4 Å². The summed E-state index contributed by atoms with van der Waals surface area (Å²) in [6.45, 7) is 2.27. The number of hydrogen-bond acceptors (Lipinski definition) is 0. The minimum atomic E-state index is -0.114. The van der Waals surface area contributed by atoms with Gasteiger partial charge in [0.15, 0.2) is 0 Å². The number of benzene rings is 1. The molecule has 0 spiro atoms. The van der Waals surface area contributed by atoms with Crippen molar-refractivity contribution in [2.45, 2.75) is 63.1 Å². The van der Waals surface area contributed by atoms with Crippen LogP contribution in [0.2, 0.25) is 18.1 Å².